The summed E-state index contributed by atoms with van der Waals surface area (Å²) in [6.45, 7) is 0. The van der Waals surface area contributed by atoms with Gasteiger partial charge in [0.05, 0.1) is 12.7 Å². The van der Waals surface area contributed by atoms with E-state index in [2.05, 4.69) is 17.2 Å². The van der Waals surface area contributed by atoms with E-state index in [1.165, 1.54) is 0 Å². The number of anilines is 1. The lowest BCUT2D eigenvalue weighted by Gasteiger charge is -2.02. The molecule has 2 aromatic carbocycles. The Morgan fingerprint density at radius 2 is 1.73 bits per heavy atom. The first-order chi connectivity index (χ1) is 14.8. The highest BCUT2D eigenvalue weighted by molar-refractivity contribution is 5.83. The van der Waals surface area contributed by atoms with Crippen LogP contribution in [-0.4, -0.2) is 16.9 Å². The van der Waals surface area contributed by atoms with Crippen molar-refractivity contribution in [1.82, 2.24) is 4.98 Å². The van der Waals surface area contributed by atoms with E-state index >= 15 is 0 Å². The van der Waals surface area contributed by atoms with Crippen molar-refractivity contribution in [3.63, 3.8) is 0 Å². The Bertz CT molecular complexity index is 1250. The molecule has 1 unspecified atom stereocenters. The van der Waals surface area contributed by atoms with Gasteiger partial charge in [-0.05, 0) is 30.2 Å². The Balaban J connectivity index is 1.58. The van der Waals surface area contributed by atoms with Crippen molar-refractivity contribution in [2.75, 3.05) is 5.32 Å². The minimum Gasteiger partial charge on any atom is -0.469 e. The van der Waals surface area contributed by atoms with Crippen LogP contribution in [0.2, 0.25) is 0 Å². The van der Waals surface area contributed by atoms with E-state index in [9.17, 15) is 4.79 Å². The first-order valence-electron chi connectivity index (χ1n) is 9.70. The highest BCUT2D eigenvalue weighted by Gasteiger charge is 2.41. The second-order valence-corrected chi connectivity index (χ2v) is 6.99. The molecule has 0 spiro atoms. The smallest absolute Gasteiger partial charge is 0.359 e. The fourth-order valence-electron chi connectivity index (χ4n) is 3.47. The van der Waals surface area contributed by atoms with E-state index in [4.69, 9.17) is 9.40 Å². The van der Waals surface area contributed by atoms with E-state index < -0.39 is 6.04 Å². The van der Waals surface area contributed by atoms with Gasteiger partial charge < -0.3 is 4.42 Å². The predicted molar refractivity (Wildman–Crippen MR) is 113 cm³/mol. The van der Waals surface area contributed by atoms with E-state index in [0.29, 0.717) is 23.6 Å². The molecule has 5 nitrogen and oxygen atoms in total. The van der Waals surface area contributed by atoms with Crippen LogP contribution in [0.5, 0.6) is 0 Å². The normalized spacial score (nSPS) is 14.5. The molecule has 30 heavy (non-hydrogen) atoms. The topological polar surface area (TPSA) is 59.0 Å². The molecule has 1 aliphatic heterocycles. The molecule has 3 heterocycles. The van der Waals surface area contributed by atoms with E-state index in [1.54, 1.807) is 17.0 Å². The van der Waals surface area contributed by atoms with Crippen LogP contribution in [0.4, 0.5) is 5.82 Å². The summed E-state index contributed by atoms with van der Waals surface area (Å²) in [6, 6.07) is 22.8. The van der Waals surface area contributed by atoms with Crippen LogP contribution in [0.3, 0.4) is 0 Å². The van der Waals surface area contributed by atoms with Crippen LogP contribution >= 0.6 is 0 Å². The third-order valence-corrected chi connectivity index (χ3v) is 4.95. The molecule has 0 bridgehead atoms. The Morgan fingerprint density at radius 3 is 2.47 bits per heavy atom. The van der Waals surface area contributed by atoms with Gasteiger partial charge in [-0.2, -0.15) is 4.57 Å². The third kappa shape index (κ3) is 3.47. The highest BCUT2D eigenvalue weighted by Crippen LogP contribution is 2.22. The molecule has 1 aliphatic rings. The number of carbonyl (C=O) groups is 1. The molecule has 2 aromatic heterocycles. The number of nitrogens with zero attached hydrogens (tertiary/aromatic N) is 2. The molecule has 0 amide bonds. The predicted octanol–water partition coefficient (Wildman–Crippen LogP) is 3.71. The number of hydrogen-bond acceptors (Lipinski definition) is 4. The zero-order valence-corrected chi connectivity index (χ0v) is 16.1. The first kappa shape index (κ1) is 17.9. The average Bonchev–Trinajstić information content (AvgIpc) is 3.42. The molecule has 1 atom stereocenters. The van der Waals surface area contributed by atoms with Crippen molar-refractivity contribution < 1.29 is 13.8 Å². The van der Waals surface area contributed by atoms with Crippen LogP contribution < -0.4 is 9.88 Å². The molecule has 0 fully saturated rings. The van der Waals surface area contributed by atoms with Crippen LogP contribution in [0.25, 0.3) is 11.3 Å². The van der Waals surface area contributed by atoms with Crippen LogP contribution in [-0.2, 0) is 6.42 Å². The molecule has 1 N–H and O–H groups in total. The lowest BCUT2D eigenvalue weighted by molar-refractivity contribution is -0.552. The summed E-state index contributed by atoms with van der Waals surface area (Å²) in [4.78, 5) is 17.9. The molecular weight excluding hydrogens is 374 g/mol. The summed E-state index contributed by atoms with van der Waals surface area (Å²) in [7, 11) is 0. The maximum absolute atomic E-state index is 13.1. The molecule has 0 saturated heterocycles. The van der Waals surface area contributed by atoms with Gasteiger partial charge in [-0.3, -0.25) is 5.32 Å². The summed E-state index contributed by atoms with van der Waals surface area (Å²) in [5, 5.41) is 3.29. The molecule has 5 heteroatoms. The number of aromatic nitrogens is 2. The zero-order valence-electron chi connectivity index (χ0n) is 16.1. The second kappa shape index (κ2) is 7.69. The number of carbonyl (C=O) groups excluding carboxylic acids is 1. The molecule has 144 valence electrons. The lowest BCUT2D eigenvalue weighted by atomic mass is 10.1. The van der Waals surface area contributed by atoms with Gasteiger partial charge in [0.15, 0.2) is 0 Å². The Morgan fingerprint density at radius 1 is 0.967 bits per heavy atom. The molecule has 0 aliphatic carbocycles. The fraction of sp³-hybridized carbons (Fsp3) is 0.0800. The minimum atomic E-state index is -0.429. The second-order valence-electron chi connectivity index (χ2n) is 6.99. The van der Waals surface area contributed by atoms with Gasteiger partial charge in [0.25, 0.3) is 0 Å². The number of furan rings is 1. The third-order valence-electron chi connectivity index (χ3n) is 4.95. The summed E-state index contributed by atoms with van der Waals surface area (Å²) < 4.78 is 7.05. The first-order valence-corrected chi connectivity index (χ1v) is 9.70. The number of hydrogen-bond donors (Lipinski definition) is 1. The van der Waals surface area contributed by atoms with Crippen LogP contribution in [0.1, 0.15) is 21.8 Å². The zero-order chi connectivity index (χ0) is 20.3. The van der Waals surface area contributed by atoms with Gasteiger partial charge in [0.1, 0.15) is 17.7 Å². The van der Waals surface area contributed by atoms with Crippen molar-refractivity contribution in [2.45, 2.75) is 12.5 Å². The van der Waals surface area contributed by atoms with Gasteiger partial charge >= 0.3 is 11.7 Å². The largest absolute Gasteiger partial charge is 0.469 e. The van der Waals surface area contributed by atoms with Crippen molar-refractivity contribution >= 4 is 11.7 Å². The maximum Gasteiger partial charge on any atom is 0.359 e. The highest BCUT2D eigenvalue weighted by atomic mass is 16.3. The summed E-state index contributed by atoms with van der Waals surface area (Å²) in [5.74, 6) is 7.61. The summed E-state index contributed by atoms with van der Waals surface area (Å²) in [5.41, 5.74) is 3.05. The average molecular weight is 392 g/mol. The van der Waals surface area contributed by atoms with E-state index in [-0.39, 0.29) is 5.91 Å². The quantitative estimate of drug-likeness (QED) is 0.427. The Kier molecular flexibility index (Phi) is 4.59. The lowest BCUT2D eigenvalue weighted by Crippen LogP contribution is -2.44. The van der Waals surface area contributed by atoms with Gasteiger partial charge in [0.2, 0.25) is 11.7 Å². The van der Waals surface area contributed by atoms with Crippen LogP contribution in [0.15, 0.2) is 89.7 Å². The van der Waals surface area contributed by atoms with E-state index in [0.717, 1.165) is 16.9 Å². The van der Waals surface area contributed by atoms with Crippen molar-refractivity contribution in [2.24, 2.45) is 0 Å². The number of nitrogens with one attached hydrogen (secondary N) is 1. The minimum absolute atomic E-state index is 0.0521. The number of benzene rings is 2. The van der Waals surface area contributed by atoms with Crippen molar-refractivity contribution in [3.8, 4) is 23.1 Å². The van der Waals surface area contributed by atoms with E-state index in [1.807, 2.05) is 72.8 Å². The standard InChI is InChI=1S/C25H17N3O2/c29-25-22(16-20-12-7-15-30-20)27-24-21(14-13-18-8-3-1-4-9-18)26-23(17-28(24)25)19-10-5-2-6-11-19/h1-12,15,17,22H,16H2/p+1. The van der Waals surface area contributed by atoms with Crippen LogP contribution in [0, 0.1) is 11.8 Å². The van der Waals surface area contributed by atoms with Gasteiger partial charge in [-0.15, -0.1) is 0 Å². The molecular formula is C25H18N3O2+. The molecule has 5 rings (SSSR count). The van der Waals surface area contributed by atoms with Crippen molar-refractivity contribution in [1.29, 1.82) is 0 Å². The van der Waals surface area contributed by atoms with Crippen molar-refractivity contribution in [3.05, 3.63) is 102 Å². The number of rotatable bonds is 3. The summed E-state index contributed by atoms with van der Waals surface area (Å²) >= 11 is 0. The fourth-order valence-corrected chi connectivity index (χ4v) is 3.47. The van der Waals surface area contributed by atoms with Gasteiger partial charge in [0, 0.05) is 11.1 Å². The van der Waals surface area contributed by atoms with Gasteiger partial charge in [-0.1, -0.05) is 54.5 Å². The Hall–Kier alpha value is -4.17. The van der Waals surface area contributed by atoms with Gasteiger partial charge in [-0.25, -0.2) is 9.78 Å². The molecule has 0 saturated carbocycles. The number of fused-ring (bicyclic) bond motifs is 1. The maximum atomic E-state index is 13.1. The molecule has 0 radical (unpaired) electrons. The monoisotopic (exact) mass is 392 g/mol. The molecule has 4 aromatic rings. The summed E-state index contributed by atoms with van der Waals surface area (Å²) in [6.07, 6.45) is 3.84. The Labute approximate surface area is 174 Å². The SMILES string of the molecule is O=C1C(Cc2ccco2)Nc2c(C#Cc3ccccc3)nc(-c3ccccc3)c[n+]21.